The summed E-state index contributed by atoms with van der Waals surface area (Å²) < 4.78 is 1.21. The third kappa shape index (κ3) is 2.85. The molecule has 0 saturated heterocycles. The summed E-state index contributed by atoms with van der Waals surface area (Å²) in [7, 11) is 0. The van der Waals surface area contributed by atoms with Crippen LogP contribution in [0.1, 0.15) is 33.9 Å². The number of aromatic nitrogens is 1. The molecule has 0 aliphatic heterocycles. The Labute approximate surface area is 129 Å². The maximum atomic E-state index is 6.43. The lowest BCUT2D eigenvalue weighted by molar-refractivity contribution is 0.713. The van der Waals surface area contributed by atoms with E-state index in [2.05, 4.69) is 49.3 Å². The van der Waals surface area contributed by atoms with Crippen molar-refractivity contribution in [2.75, 3.05) is 0 Å². The molecule has 0 bridgehead atoms. The molecular weight excluding hydrogens is 276 g/mol. The zero-order valence-electron chi connectivity index (χ0n) is 12.7. The highest BCUT2D eigenvalue weighted by atomic mass is 32.1. The smallest absolute Gasteiger partial charge is 0.0809 e. The molecule has 3 rings (SSSR count). The monoisotopic (exact) mass is 296 g/mol. The number of nitrogens with two attached hydrogens (primary N) is 1. The van der Waals surface area contributed by atoms with Crippen molar-refractivity contribution < 1.29 is 0 Å². The molecule has 1 atom stereocenters. The van der Waals surface area contributed by atoms with E-state index >= 15 is 0 Å². The lowest BCUT2D eigenvalue weighted by Gasteiger charge is -2.16. The predicted molar refractivity (Wildman–Crippen MR) is 90.9 cm³/mol. The molecule has 2 aromatic heterocycles. The summed E-state index contributed by atoms with van der Waals surface area (Å²) in [6, 6.07) is 8.68. The number of thiophene rings is 1. The summed E-state index contributed by atoms with van der Waals surface area (Å²) >= 11 is 1.72. The van der Waals surface area contributed by atoms with E-state index in [4.69, 9.17) is 5.73 Å². The summed E-state index contributed by atoms with van der Waals surface area (Å²) in [5.74, 6) is 0. The zero-order chi connectivity index (χ0) is 15.0. The van der Waals surface area contributed by atoms with Gasteiger partial charge in [0, 0.05) is 12.2 Å². The van der Waals surface area contributed by atoms with E-state index in [9.17, 15) is 0 Å². The van der Waals surface area contributed by atoms with Crippen LogP contribution in [-0.2, 0) is 6.42 Å². The van der Waals surface area contributed by atoms with Gasteiger partial charge in [0.2, 0.25) is 0 Å². The van der Waals surface area contributed by atoms with Crippen LogP contribution in [0.4, 0.5) is 0 Å². The van der Waals surface area contributed by atoms with Crippen LogP contribution in [-0.4, -0.2) is 4.98 Å². The first-order valence-corrected chi connectivity index (χ1v) is 8.08. The Morgan fingerprint density at radius 1 is 1.14 bits per heavy atom. The van der Waals surface area contributed by atoms with Crippen LogP contribution in [0, 0.1) is 20.8 Å². The van der Waals surface area contributed by atoms with Crippen LogP contribution in [0.3, 0.4) is 0 Å². The summed E-state index contributed by atoms with van der Waals surface area (Å²) in [6.07, 6.45) is 2.77. The van der Waals surface area contributed by atoms with Gasteiger partial charge in [0.05, 0.1) is 10.2 Å². The number of hydrogen-bond acceptors (Lipinski definition) is 3. The number of pyridine rings is 1. The van der Waals surface area contributed by atoms with Crippen molar-refractivity contribution in [1.29, 1.82) is 0 Å². The van der Waals surface area contributed by atoms with Crippen molar-refractivity contribution >= 4 is 21.6 Å². The Balaban J connectivity index is 1.90. The zero-order valence-corrected chi connectivity index (χ0v) is 13.5. The highest BCUT2D eigenvalue weighted by Gasteiger charge is 2.12. The Hall–Kier alpha value is -1.71. The Morgan fingerprint density at radius 2 is 1.86 bits per heavy atom. The van der Waals surface area contributed by atoms with E-state index in [1.807, 2.05) is 12.3 Å². The summed E-state index contributed by atoms with van der Waals surface area (Å²) in [4.78, 5) is 4.49. The molecule has 1 aromatic carbocycles. The molecule has 1 unspecified atom stereocenters. The Bertz CT molecular complexity index is 766. The number of aryl methyl sites for hydroxylation is 3. The topological polar surface area (TPSA) is 38.9 Å². The molecule has 0 aliphatic carbocycles. The van der Waals surface area contributed by atoms with E-state index in [0.717, 1.165) is 17.5 Å². The number of benzene rings is 1. The number of fused-ring (bicyclic) bond motifs is 1. The van der Waals surface area contributed by atoms with Crippen molar-refractivity contribution in [3.8, 4) is 0 Å². The maximum Gasteiger partial charge on any atom is 0.0809 e. The van der Waals surface area contributed by atoms with Crippen molar-refractivity contribution in [2.45, 2.75) is 33.2 Å². The second kappa shape index (κ2) is 5.58. The van der Waals surface area contributed by atoms with Gasteiger partial charge in [0.15, 0.2) is 0 Å². The van der Waals surface area contributed by atoms with Crippen molar-refractivity contribution in [3.05, 3.63) is 63.7 Å². The van der Waals surface area contributed by atoms with Gasteiger partial charge < -0.3 is 5.73 Å². The highest BCUT2D eigenvalue weighted by Crippen LogP contribution is 2.26. The number of rotatable bonds is 3. The van der Waals surface area contributed by atoms with E-state index in [1.54, 1.807) is 11.3 Å². The molecule has 2 N–H and O–H groups in total. The summed E-state index contributed by atoms with van der Waals surface area (Å²) in [5.41, 5.74) is 13.9. The minimum Gasteiger partial charge on any atom is -0.324 e. The molecule has 2 heterocycles. The van der Waals surface area contributed by atoms with Crippen LogP contribution < -0.4 is 5.73 Å². The standard InChI is InChI=1S/C18H20N2S/c1-11-6-12(2)15(13(3)7-11)9-16(19)14-8-18-17(20-10-14)4-5-21-18/h4-8,10,16H,9,19H2,1-3H3. The van der Waals surface area contributed by atoms with Gasteiger partial charge in [-0.15, -0.1) is 11.3 Å². The van der Waals surface area contributed by atoms with Gasteiger partial charge in [-0.2, -0.15) is 0 Å². The number of nitrogens with zero attached hydrogens (tertiary/aromatic N) is 1. The SMILES string of the molecule is Cc1cc(C)c(CC(N)c2cnc3ccsc3c2)c(C)c1. The largest absolute Gasteiger partial charge is 0.324 e. The first-order valence-electron chi connectivity index (χ1n) is 7.20. The molecule has 0 fully saturated rings. The van der Waals surface area contributed by atoms with Gasteiger partial charge in [0.25, 0.3) is 0 Å². The first-order chi connectivity index (χ1) is 10.0. The molecule has 0 radical (unpaired) electrons. The maximum absolute atomic E-state index is 6.43. The van der Waals surface area contributed by atoms with Crippen molar-refractivity contribution in [1.82, 2.24) is 4.98 Å². The second-order valence-corrected chi connectivity index (χ2v) is 6.71. The van der Waals surface area contributed by atoms with Gasteiger partial charge in [-0.1, -0.05) is 17.7 Å². The number of hydrogen-bond donors (Lipinski definition) is 1. The molecule has 0 saturated carbocycles. The van der Waals surface area contributed by atoms with Gasteiger partial charge >= 0.3 is 0 Å². The Kier molecular flexibility index (Phi) is 3.79. The molecule has 21 heavy (non-hydrogen) atoms. The molecule has 0 amide bonds. The molecule has 0 spiro atoms. The van der Waals surface area contributed by atoms with Crippen LogP contribution in [0.15, 0.2) is 35.8 Å². The molecule has 0 aliphatic rings. The lowest BCUT2D eigenvalue weighted by atomic mass is 9.92. The fraction of sp³-hybridized carbons (Fsp3) is 0.278. The lowest BCUT2D eigenvalue weighted by Crippen LogP contribution is -2.15. The van der Waals surface area contributed by atoms with Crippen molar-refractivity contribution in [2.24, 2.45) is 5.73 Å². The average Bonchev–Trinajstić information content (AvgIpc) is 2.89. The summed E-state index contributed by atoms with van der Waals surface area (Å²) in [6.45, 7) is 6.48. The van der Waals surface area contributed by atoms with Gasteiger partial charge in [-0.3, -0.25) is 4.98 Å². The first kappa shape index (κ1) is 14.2. The van der Waals surface area contributed by atoms with E-state index in [0.29, 0.717) is 0 Å². The third-order valence-electron chi connectivity index (χ3n) is 4.02. The molecule has 3 aromatic rings. The second-order valence-electron chi connectivity index (χ2n) is 5.76. The van der Waals surface area contributed by atoms with Gasteiger partial charge in [0.1, 0.15) is 0 Å². The average molecular weight is 296 g/mol. The predicted octanol–water partition coefficient (Wildman–Crippen LogP) is 4.46. The van der Waals surface area contributed by atoms with Crippen molar-refractivity contribution in [3.63, 3.8) is 0 Å². The molecular formula is C18H20N2S. The normalized spacial score (nSPS) is 12.8. The van der Waals surface area contributed by atoms with E-state index in [-0.39, 0.29) is 6.04 Å². The minimum absolute atomic E-state index is 0.0101. The fourth-order valence-corrected chi connectivity index (χ4v) is 3.72. The Morgan fingerprint density at radius 3 is 2.57 bits per heavy atom. The molecule has 108 valence electrons. The van der Waals surface area contributed by atoms with E-state index in [1.165, 1.54) is 27.0 Å². The minimum atomic E-state index is -0.0101. The quantitative estimate of drug-likeness (QED) is 0.774. The van der Waals surface area contributed by atoms with Crippen LogP contribution in [0.2, 0.25) is 0 Å². The summed E-state index contributed by atoms with van der Waals surface area (Å²) in [5, 5.41) is 2.07. The van der Waals surface area contributed by atoms with Crippen LogP contribution in [0.5, 0.6) is 0 Å². The van der Waals surface area contributed by atoms with Gasteiger partial charge in [-0.05, 0) is 67.0 Å². The highest BCUT2D eigenvalue weighted by molar-refractivity contribution is 7.17. The molecule has 3 heteroatoms. The van der Waals surface area contributed by atoms with E-state index < -0.39 is 0 Å². The van der Waals surface area contributed by atoms with Crippen LogP contribution >= 0.6 is 11.3 Å². The third-order valence-corrected chi connectivity index (χ3v) is 4.87. The van der Waals surface area contributed by atoms with Crippen LogP contribution in [0.25, 0.3) is 10.2 Å². The molecule has 2 nitrogen and oxygen atoms in total. The van der Waals surface area contributed by atoms with Gasteiger partial charge in [-0.25, -0.2) is 0 Å². The fourth-order valence-electron chi connectivity index (χ4n) is 2.93.